The summed E-state index contributed by atoms with van der Waals surface area (Å²) in [7, 11) is 0. The smallest absolute Gasteiger partial charge is 0.292 e. The highest BCUT2D eigenvalue weighted by Crippen LogP contribution is 2.18. The van der Waals surface area contributed by atoms with Crippen LogP contribution in [0.3, 0.4) is 0 Å². The zero-order chi connectivity index (χ0) is 21.6. The first kappa shape index (κ1) is 21.0. The molecule has 0 spiro atoms. The van der Waals surface area contributed by atoms with Crippen molar-refractivity contribution in [2.24, 2.45) is 5.10 Å². The first-order valence-corrected chi connectivity index (χ1v) is 10.7. The Morgan fingerprint density at radius 1 is 1.29 bits per heavy atom. The Hall–Kier alpha value is -3.29. The van der Waals surface area contributed by atoms with Crippen LogP contribution in [0.1, 0.15) is 21.7 Å². The van der Waals surface area contributed by atoms with Gasteiger partial charge in [0.05, 0.1) is 19.4 Å². The molecule has 3 heterocycles. The summed E-state index contributed by atoms with van der Waals surface area (Å²) in [5.74, 6) is -0.426. The number of anilines is 1. The summed E-state index contributed by atoms with van der Waals surface area (Å²) in [4.78, 5) is 16.3. The monoisotopic (exact) mass is 443 g/mol. The average molecular weight is 443 g/mol. The van der Waals surface area contributed by atoms with Crippen molar-refractivity contribution in [1.82, 2.24) is 35.6 Å². The number of rotatable bonds is 7. The van der Waals surface area contributed by atoms with Gasteiger partial charge >= 0.3 is 0 Å². The standard InChI is InChI=1S/C18H21N9O3S/c1-31-13-4-2-12(3-5-13)10-20-22-18(28)15-14(11-26-6-8-29-9-7-26)21-25-27(15)17-16(19)23-30-24-17/h2-5,10H,6-9,11H2,1H3,(H2,19,23)(H,22,28)/b20-10+. The van der Waals surface area contributed by atoms with Crippen LogP contribution in [0.15, 0.2) is 38.9 Å². The molecule has 1 aromatic carbocycles. The molecule has 0 atom stereocenters. The summed E-state index contributed by atoms with van der Waals surface area (Å²) in [6.07, 6.45) is 3.57. The van der Waals surface area contributed by atoms with Gasteiger partial charge < -0.3 is 10.5 Å². The quantitative estimate of drug-likeness (QED) is 0.301. The van der Waals surface area contributed by atoms with Crippen LogP contribution in [-0.4, -0.2) is 74.9 Å². The summed E-state index contributed by atoms with van der Waals surface area (Å²) in [5.41, 5.74) is 9.78. The van der Waals surface area contributed by atoms with E-state index in [1.165, 1.54) is 4.68 Å². The normalized spacial score (nSPS) is 14.9. The van der Waals surface area contributed by atoms with E-state index in [4.69, 9.17) is 10.5 Å². The summed E-state index contributed by atoms with van der Waals surface area (Å²) < 4.78 is 11.2. The van der Waals surface area contributed by atoms with Crippen LogP contribution in [0.4, 0.5) is 5.82 Å². The molecule has 1 aliphatic rings. The van der Waals surface area contributed by atoms with Crippen molar-refractivity contribution >= 4 is 29.7 Å². The van der Waals surface area contributed by atoms with Crippen molar-refractivity contribution in [2.75, 3.05) is 38.3 Å². The molecule has 31 heavy (non-hydrogen) atoms. The molecule has 0 saturated carbocycles. The number of nitrogens with two attached hydrogens (primary N) is 1. The van der Waals surface area contributed by atoms with E-state index in [1.54, 1.807) is 18.0 Å². The van der Waals surface area contributed by atoms with Gasteiger partial charge in [-0.05, 0) is 34.3 Å². The summed E-state index contributed by atoms with van der Waals surface area (Å²) in [6, 6.07) is 7.79. The molecule has 0 aliphatic carbocycles. The number of nitrogens with one attached hydrogen (secondary N) is 1. The minimum absolute atomic E-state index is 0.00532. The second kappa shape index (κ2) is 9.68. The van der Waals surface area contributed by atoms with E-state index in [2.05, 4.69) is 40.7 Å². The zero-order valence-electron chi connectivity index (χ0n) is 16.8. The Balaban J connectivity index is 1.56. The van der Waals surface area contributed by atoms with Crippen molar-refractivity contribution < 1.29 is 14.2 Å². The number of hydrogen-bond acceptors (Lipinski definition) is 11. The van der Waals surface area contributed by atoms with E-state index in [0.29, 0.717) is 25.5 Å². The van der Waals surface area contributed by atoms with Crippen LogP contribution in [-0.2, 0) is 11.3 Å². The van der Waals surface area contributed by atoms with E-state index in [0.717, 1.165) is 23.5 Å². The van der Waals surface area contributed by atoms with Gasteiger partial charge in [0.1, 0.15) is 5.69 Å². The van der Waals surface area contributed by atoms with Gasteiger partial charge in [0.15, 0.2) is 5.69 Å². The van der Waals surface area contributed by atoms with E-state index in [-0.39, 0.29) is 17.3 Å². The topological polar surface area (TPSA) is 150 Å². The molecular formula is C18H21N9O3S. The number of thioether (sulfide) groups is 1. The van der Waals surface area contributed by atoms with Crippen molar-refractivity contribution in [3.8, 4) is 5.82 Å². The lowest BCUT2D eigenvalue weighted by Crippen LogP contribution is -2.36. The van der Waals surface area contributed by atoms with Gasteiger partial charge in [-0.1, -0.05) is 17.3 Å². The molecule has 12 nitrogen and oxygen atoms in total. The maximum atomic E-state index is 13.0. The fourth-order valence-electron chi connectivity index (χ4n) is 3.01. The Labute approximate surface area is 181 Å². The molecular weight excluding hydrogens is 422 g/mol. The van der Waals surface area contributed by atoms with Crippen LogP contribution in [0.5, 0.6) is 0 Å². The van der Waals surface area contributed by atoms with E-state index >= 15 is 0 Å². The molecule has 1 fully saturated rings. The zero-order valence-corrected chi connectivity index (χ0v) is 17.6. The second-order valence-corrected chi connectivity index (χ2v) is 7.51. The summed E-state index contributed by atoms with van der Waals surface area (Å²) >= 11 is 1.65. The molecule has 3 N–H and O–H groups in total. The third kappa shape index (κ3) is 4.90. The van der Waals surface area contributed by atoms with E-state index in [9.17, 15) is 4.79 Å². The lowest BCUT2D eigenvalue weighted by Gasteiger charge is -2.25. The number of hydrazone groups is 1. The fourth-order valence-corrected chi connectivity index (χ4v) is 3.42. The molecule has 3 aromatic rings. The highest BCUT2D eigenvalue weighted by molar-refractivity contribution is 7.98. The lowest BCUT2D eigenvalue weighted by atomic mass is 10.2. The van der Waals surface area contributed by atoms with Crippen molar-refractivity contribution in [2.45, 2.75) is 11.4 Å². The Morgan fingerprint density at radius 3 is 2.74 bits per heavy atom. The molecule has 0 unspecified atom stereocenters. The first-order valence-electron chi connectivity index (χ1n) is 9.46. The Morgan fingerprint density at radius 2 is 2.06 bits per heavy atom. The third-order valence-corrected chi connectivity index (χ3v) is 5.37. The number of morpholine rings is 1. The molecule has 162 valence electrons. The van der Waals surface area contributed by atoms with Gasteiger partial charge in [-0.25, -0.2) is 10.1 Å². The highest BCUT2D eigenvalue weighted by Gasteiger charge is 2.26. The molecule has 1 saturated heterocycles. The van der Waals surface area contributed by atoms with Gasteiger partial charge in [-0.3, -0.25) is 9.69 Å². The van der Waals surface area contributed by atoms with E-state index in [1.807, 2.05) is 30.5 Å². The highest BCUT2D eigenvalue weighted by atomic mass is 32.2. The number of ether oxygens (including phenoxy) is 1. The average Bonchev–Trinajstić information content (AvgIpc) is 3.40. The van der Waals surface area contributed by atoms with Gasteiger partial charge in [0.2, 0.25) is 11.6 Å². The number of benzene rings is 1. The predicted octanol–water partition coefficient (Wildman–Crippen LogP) is 0.551. The van der Waals surface area contributed by atoms with Gasteiger partial charge in [-0.15, -0.1) is 16.9 Å². The molecule has 0 bridgehead atoms. The van der Waals surface area contributed by atoms with Crippen LogP contribution in [0.2, 0.25) is 0 Å². The van der Waals surface area contributed by atoms with Crippen LogP contribution in [0, 0.1) is 0 Å². The maximum absolute atomic E-state index is 13.0. The van der Waals surface area contributed by atoms with Crippen LogP contribution in [0.25, 0.3) is 5.82 Å². The van der Waals surface area contributed by atoms with Crippen LogP contribution >= 0.6 is 11.8 Å². The Kier molecular flexibility index (Phi) is 6.54. The van der Waals surface area contributed by atoms with E-state index < -0.39 is 5.91 Å². The minimum Gasteiger partial charge on any atom is -0.379 e. The van der Waals surface area contributed by atoms with Gasteiger partial charge in [0, 0.05) is 24.5 Å². The maximum Gasteiger partial charge on any atom is 0.292 e. The SMILES string of the molecule is CSc1ccc(/C=N/NC(=O)c2c(CN3CCOCC3)nnn2-c2nonc2N)cc1. The number of aromatic nitrogens is 5. The predicted molar refractivity (Wildman–Crippen MR) is 113 cm³/mol. The molecule has 0 radical (unpaired) electrons. The van der Waals surface area contributed by atoms with Gasteiger partial charge in [-0.2, -0.15) is 9.78 Å². The summed E-state index contributed by atoms with van der Waals surface area (Å²) in [6.45, 7) is 3.11. The number of hydrogen-bond donors (Lipinski definition) is 2. The minimum atomic E-state index is -0.507. The fraction of sp³-hybridized carbons (Fsp3) is 0.333. The largest absolute Gasteiger partial charge is 0.379 e. The van der Waals surface area contributed by atoms with Crippen molar-refractivity contribution in [3.63, 3.8) is 0 Å². The lowest BCUT2D eigenvalue weighted by molar-refractivity contribution is 0.0335. The van der Waals surface area contributed by atoms with Crippen molar-refractivity contribution in [1.29, 1.82) is 0 Å². The van der Waals surface area contributed by atoms with Crippen LogP contribution < -0.4 is 11.2 Å². The van der Waals surface area contributed by atoms with Crippen molar-refractivity contribution in [3.05, 3.63) is 41.2 Å². The first-order chi connectivity index (χ1) is 15.2. The second-order valence-electron chi connectivity index (χ2n) is 6.63. The molecule has 2 aromatic heterocycles. The number of carbonyl (C=O) groups is 1. The number of nitrogen functional groups attached to an aromatic ring is 1. The molecule has 4 rings (SSSR count). The summed E-state index contributed by atoms with van der Waals surface area (Å²) in [5, 5.41) is 19.5. The number of nitrogens with zero attached hydrogens (tertiary/aromatic N) is 7. The molecule has 1 amide bonds. The molecule has 1 aliphatic heterocycles. The Bertz CT molecular complexity index is 1060. The molecule has 13 heteroatoms. The number of amides is 1. The number of carbonyl (C=O) groups excluding carboxylic acids is 1. The third-order valence-electron chi connectivity index (χ3n) is 4.62. The van der Waals surface area contributed by atoms with Gasteiger partial charge in [0.25, 0.3) is 5.91 Å².